The van der Waals surface area contributed by atoms with Crippen LogP contribution in [0, 0.1) is 5.92 Å². The molecular formula is C15H24O4. The highest BCUT2D eigenvalue weighted by atomic mass is 16.6. The van der Waals surface area contributed by atoms with Gasteiger partial charge in [0.25, 0.3) is 0 Å². The second-order valence-electron chi connectivity index (χ2n) is 6.29. The van der Waals surface area contributed by atoms with Gasteiger partial charge < -0.3 is 14.2 Å². The summed E-state index contributed by atoms with van der Waals surface area (Å²) in [7, 11) is 1.69. The third kappa shape index (κ3) is 2.34. The molecule has 0 aromatic heterocycles. The first-order valence-corrected chi connectivity index (χ1v) is 7.51. The normalized spacial score (nSPS) is 37.8. The van der Waals surface area contributed by atoms with Crippen molar-refractivity contribution in [2.24, 2.45) is 5.92 Å². The monoisotopic (exact) mass is 268 g/mol. The van der Waals surface area contributed by atoms with Crippen LogP contribution < -0.4 is 0 Å². The zero-order valence-corrected chi connectivity index (χ0v) is 11.8. The van der Waals surface area contributed by atoms with Gasteiger partial charge in [0.2, 0.25) is 0 Å². The number of carbonyl (C=O) groups excluding carboxylic acids is 1. The Hall–Kier alpha value is -0.450. The summed E-state index contributed by atoms with van der Waals surface area (Å²) in [6.07, 6.45) is 6.58. The zero-order valence-electron chi connectivity index (χ0n) is 11.8. The molecule has 1 saturated carbocycles. The van der Waals surface area contributed by atoms with Crippen molar-refractivity contribution in [3.63, 3.8) is 0 Å². The molecule has 0 aromatic carbocycles. The number of hydrogen-bond donors (Lipinski definition) is 0. The Morgan fingerprint density at radius 3 is 2.63 bits per heavy atom. The molecule has 0 bridgehead atoms. The molecule has 1 aliphatic carbocycles. The largest absolute Gasteiger partial charge is 0.378 e. The maximum atomic E-state index is 12.9. The topological polar surface area (TPSA) is 44.8 Å². The lowest BCUT2D eigenvalue weighted by molar-refractivity contribution is -0.156. The van der Waals surface area contributed by atoms with Crippen LogP contribution in [0.2, 0.25) is 0 Å². The van der Waals surface area contributed by atoms with Crippen molar-refractivity contribution >= 4 is 5.78 Å². The number of ketones is 1. The van der Waals surface area contributed by atoms with Crippen LogP contribution in [0.5, 0.6) is 0 Å². The molecular weight excluding hydrogens is 244 g/mol. The van der Waals surface area contributed by atoms with Gasteiger partial charge >= 0.3 is 0 Å². The molecule has 19 heavy (non-hydrogen) atoms. The molecule has 2 unspecified atom stereocenters. The minimum atomic E-state index is -0.497. The van der Waals surface area contributed by atoms with E-state index in [2.05, 4.69) is 0 Å². The van der Waals surface area contributed by atoms with Gasteiger partial charge in [0.1, 0.15) is 5.60 Å². The van der Waals surface area contributed by atoms with E-state index in [1.807, 2.05) is 0 Å². The fourth-order valence-corrected chi connectivity index (χ4v) is 3.98. The zero-order chi connectivity index (χ0) is 13.3. The van der Waals surface area contributed by atoms with Crippen molar-refractivity contribution < 1.29 is 19.0 Å². The summed E-state index contributed by atoms with van der Waals surface area (Å²) >= 11 is 0. The van der Waals surface area contributed by atoms with Gasteiger partial charge in [-0.3, -0.25) is 4.79 Å². The first kappa shape index (κ1) is 13.5. The highest BCUT2D eigenvalue weighted by Crippen LogP contribution is 2.42. The van der Waals surface area contributed by atoms with E-state index >= 15 is 0 Å². The number of rotatable bonds is 3. The van der Waals surface area contributed by atoms with E-state index in [0.717, 1.165) is 51.6 Å². The van der Waals surface area contributed by atoms with Crippen molar-refractivity contribution in [1.29, 1.82) is 0 Å². The predicted octanol–water partition coefficient (Wildman–Crippen LogP) is 2.10. The second-order valence-corrected chi connectivity index (χ2v) is 6.29. The van der Waals surface area contributed by atoms with Gasteiger partial charge in [-0.25, -0.2) is 0 Å². The fourth-order valence-electron chi connectivity index (χ4n) is 3.98. The Morgan fingerprint density at radius 2 is 2.00 bits per heavy atom. The van der Waals surface area contributed by atoms with E-state index in [1.54, 1.807) is 7.11 Å². The Kier molecular flexibility index (Phi) is 3.67. The summed E-state index contributed by atoms with van der Waals surface area (Å²) in [5, 5.41) is 0. The number of ether oxygens (including phenoxy) is 3. The lowest BCUT2D eigenvalue weighted by Crippen LogP contribution is -2.48. The molecule has 2 atom stereocenters. The molecule has 0 aromatic rings. The molecule has 4 heteroatoms. The van der Waals surface area contributed by atoms with E-state index in [4.69, 9.17) is 14.2 Å². The number of Topliss-reactive ketones (excluding diaryl/α,β-unsaturated/α-hetero) is 1. The van der Waals surface area contributed by atoms with E-state index in [0.29, 0.717) is 19.0 Å². The third-order valence-corrected chi connectivity index (χ3v) is 5.18. The molecule has 2 saturated heterocycles. The van der Waals surface area contributed by atoms with Crippen LogP contribution in [0.1, 0.15) is 44.9 Å². The summed E-state index contributed by atoms with van der Waals surface area (Å²) in [5.74, 6) is 0.413. The summed E-state index contributed by atoms with van der Waals surface area (Å²) < 4.78 is 17.0. The Bertz CT molecular complexity index is 340. The first-order chi connectivity index (χ1) is 9.20. The number of carbonyl (C=O) groups is 1. The highest BCUT2D eigenvalue weighted by Gasteiger charge is 2.49. The summed E-state index contributed by atoms with van der Waals surface area (Å²) in [5.41, 5.74) is -0.686. The molecule has 0 amide bonds. The minimum Gasteiger partial charge on any atom is -0.378 e. The molecule has 3 rings (SSSR count). The van der Waals surface area contributed by atoms with Crippen LogP contribution in [-0.2, 0) is 19.0 Å². The first-order valence-electron chi connectivity index (χ1n) is 7.51. The maximum absolute atomic E-state index is 12.9. The highest BCUT2D eigenvalue weighted by molar-refractivity contribution is 5.90. The molecule has 3 aliphatic rings. The lowest BCUT2D eigenvalue weighted by Gasteiger charge is -2.39. The quantitative estimate of drug-likeness (QED) is 0.786. The molecule has 0 radical (unpaired) electrons. The summed E-state index contributed by atoms with van der Waals surface area (Å²) in [4.78, 5) is 12.9. The standard InChI is InChI=1S/C15H24O4/c1-17-15(5-2-3-6-15)13(16)12-4-8-19-14(10-12)7-9-18-11-14/h12H,2-11H2,1H3. The van der Waals surface area contributed by atoms with Crippen LogP contribution in [-0.4, -0.2) is 43.9 Å². The molecule has 2 heterocycles. The number of hydrogen-bond acceptors (Lipinski definition) is 4. The van der Waals surface area contributed by atoms with Crippen LogP contribution >= 0.6 is 0 Å². The van der Waals surface area contributed by atoms with Crippen molar-refractivity contribution in [2.75, 3.05) is 26.9 Å². The molecule has 3 fully saturated rings. The van der Waals surface area contributed by atoms with Gasteiger partial charge in [-0.05, 0) is 38.5 Å². The maximum Gasteiger partial charge on any atom is 0.167 e. The average Bonchev–Trinajstić information content (AvgIpc) is 3.08. The van der Waals surface area contributed by atoms with Crippen LogP contribution in [0.15, 0.2) is 0 Å². The smallest absolute Gasteiger partial charge is 0.167 e. The van der Waals surface area contributed by atoms with Crippen molar-refractivity contribution in [3.8, 4) is 0 Å². The van der Waals surface area contributed by atoms with Gasteiger partial charge in [0.05, 0.1) is 12.2 Å². The van der Waals surface area contributed by atoms with Crippen LogP contribution in [0.25, 0.3) is 0 Å². The fraction of sp³-hybridized carbons (Fsp3) is 0.933. The molecule has 4 nitrogen and oxygen atoms in total. The lowest BCUT2D eigenvalue weighted by atomic mass is 9.77. The van der Waals surface area contributed by atoms with E-state index in [9.17, 15) is 4.79 Å². The van der Waals surface area contributed by atoms with E-state index < -0.39 is 5.60 Å². The van der Waals surface area contributed by atoms with Crippen molar-refractivity contribution in [3.05, 3.63) is 0 Å². The molecule has 108 valence electrons. The van der Waals surface area contributed by atoms with E-state index in [1.165, 1.54) is 0 Å². The van der Waals surface area contributed by atoms with E-state index in [-0.39, 0.29) is 11.5 Å². The third-order valence-electron chi connectivity index (χ3n) is 5.18. The number of methoxy groups -OCH3 is 1. The molecule has 1 spiro atoms. The van der Waals surface area contributed by atoms with Gasteiger partial charge in [0, 0.05) is 32.7 Å². The average molecular weight is 268 g/mol. The van der Waals surface area contributed by atoms with Gasteiger partial charge in [-0.1, -0.05) is 0 Å². The van der Waals surface area contributed by atoms with Crippen molar-refractivity contribution in [1.82, 2.24) is 0 Å². The minimum absolute atomic E-state index is 0.0912. The molecule has 0 N–H and O–H groups in total. The SMILES string of the molecule is COC1(C(=O)C2CCOC3(CCOC3)C2)CCCC1. The van der Waals surface area contributed by atoms with Gasteiger partial charge in [-0.15, -0.1) is 0 Å². The Morgan fingerprint density at radius 1 is 1.21 bits per heavy atom. The van der Waals surface area contributed by atoms with Crippen LogP contribution in [0.4, 0.5) is 0 Å². The Balaban J connectivity index is 1.72. The predicted molar refractivity (Wildman–Crippen MR) is 70.1 cm³/mol. The second kappa shape index (κ2) is 5.15. The van der Waals surface area contributed by atoms with Crippen LogP contribution in [0.3, 0.4) is 0 Å². The molecule has 2 aliphatic heterocycles. The van der Waals surface area contributed by atoms with Gasteiger partial charge in [0.15, 0.2) is 5.78 Å². The Labute approximate surface area is 114 Å². The van der Waals surface area contributed by atoms with Crippen molar-refractivity contribution in [2.45, 2.75) is 56.1 Å². The summed E-state index contributed by atoms with van der Waals surface area (Å²) in [6.45, 7) is 2.09. The summed E-state index contributed by atoms with van der Waals surface area (Å²) in [6, 6.07) is 0. The van der Waals surface area contributed by atoms with Gasteiger partial charge in [-0.2, -0.15) is 0 Å².